The summed E-state index contributed by atoms with van der Waals surface area (Å²) in [6, 6.07) is 15.3. The van der Waals surface area contributed by atoms with Crippen LogP contribution in [0.25, 0.3) is 0 Å². The van der Waals surface area contributed by atoms with Crippen molar-refractivity contribution in [1.82, 2.24) is 4.90 Å². The number of ether oxygens (including phenoxy) is 1. The average molecular weight is 379 g/mol. The van der Waals surface area contributed by atoms with Gasteiger partial charge in [-0.3, -0.25) is 14.5 Å². The maximum absolute atomic E-state index is 13.2. The maximum atomic E-state index is 13.2. The van der Waals surface area contributed by atoms with E-state index in [1.165, 1.54) is 6.92 Å². The predicted octanol–water partition coefficient (Wildman–Crippen LogP) is 2.32. The summed E-state index contributed by atoms with van der Waals surface area (Å²) < 4.78 is 5.31. The van der Waals surface area contributed by atoms with Gasteiger partial charge in [0, 0.05) is 57.0 Å². The van der Waals surface area contributed by atoms with Gasteiger partial charge in [0.15, 0.2) is 0 Å². The lowest BCUT2D eigenvalue weighted by molar-refractivity contribution is -0.134. The molecular formula is C22H25N3O3. The SMILES string of the molecule is COc1cccc(N2CCN(C(=O)C3Cc4ccccc4N3C(C)=O)CC2)c1. The van der Waals surface area contributed by atoms with Crippen molar-refractivity contribution in [1.29, 1.82) is 0 Å². The zero-order valence-electron chi connectivity index (χ0n) is 16.3. The standard InChI is InChI=1S/C22H25N3O3/c1-16(26)25-20-9-4-3-6-17(20)14-21(25)22(27)24-12-10-23(11-13-24)18-7-5-8-19(15-18)28-2/h3-9,15,21H,10-14H2,1-2H3. The fourth-order valence-electron chi connectivity index (χ4n) is 4.18. The van der Waals surface area contributed by atoms with Crippen LogP contribution in [-0.2, 0) is 16.0 Å². The van der Waals surface area contributed by atoms with E-state index in [1.807, 2.05) is 47.4 Å². The molecule has 1 saturated heterocycles. The van der Waals surface area contributed by atoms with Gasteiger partial charge in [-0.25, -0.2) is 0 Å². The van der Waals surface area contributed by atoms with Crippen molar-refractivity contribution < 1.29 is 14.3 Å². The molecule has 2 aliphatic heterocycles. The Balaban J connectivity index is 1.45. The predicted molar refractivity (Wildman–Crippen MR) is 109 cm³/mol. The van der Waals surface area contributed by atoms with E-state index in [1.54, 1.807) is 12.0 Å². The van der Waals surface area contributed by atoms with Crippen LogP contribution in [0.15, 0.2) is 48.5 Å². The van der Waals surface area contributed by atoms with Gasteiger partial charge in [-0.05, 0) is 23.8 Å². The van der Waals surface area contributed by atoms with Crippen LogP contribution in [0.4, 0.5) is 11.4 Å². The van der Waals surface area contributed by atoms with Crippen LogP contribution in [0.3, 0.4) is 0 Å². The van der Waals surface area contributed by atoms with Gasteiger partial charge in [-0.1, -0.05) is 24.3 Å². The van der Waals surface area contributed by atoms with Gasteiger partial charge in [0.05, 0.1) is 7.11 Å². The molecule has 0 saturated carbocycles. The number of carbonyl (C=O) groups excluding carboxylic acids is 2. The van der Waals surface area contributed by atoms with Gasteiger partial charge >= 0.3 is 0 Å². The molecule has 2 aromatic carbocycles. The van der Waals surface area contributed by atoms with Crippen LogP contribution in [0.1, 0.15) is 12.5 Å². The fraction of sp³-hybridized carbons (Fsp3) is 0.364. The summed E-state index contributed by atoms with van der Waals surface area (Å²) in [5.74, 6) is 0.784. The van der Waals surface area contributed by atoms with Crippen LogP contribution in [0.5, 0.6) is 5.75 Å². The second kappa shape index (κ2) is 7.54. The molecule has 0 bridgehead atoms. The summed E-state index contributed by atoms with van der Waals surface area (Å²) in [7, 11) is 1.66. The highest BCUT2D eigenvalue weighted by Crippen LogP contribution is 2.33. The highest BCUT2D eigenvalue weighted by atomic mass is 16.5. The average Bonchev–Trinajstić information content (AvgIpc) is 3.13. The molecule has 146 valence electrons. The molecule has 2 aromatic rings. The Labute approximate surface area is 165 Å². The number of benzene rings is 2. The Hall–Kier alpha value is -3.02. The van der Waals surface area contributed by atoms with Gasteiger partial charge in [0.1, 0.15) is 11.8 Å². The number of anilines is 2. The van der Waals surface area contributed by atoms with Gasteiger partial charge in [-0.2, -0.15) is 0 Å². The molecule has 0 spiro atoms. The summed E-state index contributed by atoms with van der Waals surface area (Å²) in [6.07, 6.45) is 0.588. The van der Waals surface area contributed by atoms with Crippen molar-refractivity contribution in [3.63, 3.8) is 0 Å². The minimum absolute atomic E-state index is 0.0386. The number of nitrogens with zero attached hydrogens (tertiary/aromatic N) is 3. The topological polar surface area (TPSA) is 53.1 Å². The molecule has 1 unspecified atom stereocenters. The normalized spacial score (nSPS) is 18.8. The number of hydrogen-bond acceptors (Lipinski definition) is 4. The molecule has 0 radical (unpaired) electrons. The number of para-hydroxylation sites is 1. The van der Waals surface area contributed by atoms with Crippen LogP contribution < -0.4 is 14.5 Å². The molecule has 6 nitrogen and oxygen atoms in total. The van der Waals surface area contributed by atoms with Crippen molar-refractivity contribution in [3.8, 4) is 5.75 Å². The lowest BCUT2D eigenvalue weighted by Gasteiger charge is -2.38. The zero-order valence-corrected chi connectivity index (χ0v) is 16.3. The number of fused-ring (bicyclic) bond motifs is 1. The second-order valence-corrected chi connectivity index (χ2v) is 7.25. The molecule has 1 atom stereocenters. The van der Waals surface area contributed by atoms with Crippen molar-refractivity contribution in [3.05, 3.63) is 54.1 Å². The largest absolute Gasteiger partial charge is 0.497 e. The molecule has 0 N–H and O–H groups in total. The van der Waals surface area contributed by atoms with Crippen LogP contribution in [0.2, 0.25) is 0 Å². The molecule has 6 heteroatoms. The Morgan fingerprint density at radius 1 is 1.00 bits per heavy atom. The van der Waals surface area contributed by atoms with Crippen molar-refractivity contribution >= 4 is 23.2 Å². The van der Waals surface area contributed by atoms with E-state index in [4.69, 9.17) is 4.74 Å². The molecule has 2 aliphatic rings. The summed E-state index contributed by atoms with van der Waals surface area (Å²) in [5, 5.41) is 0. The molecule has 1 fully saturated rings. The van der Waals surface area contributed by atoms with Gasteiger partial charge in [-0.15, -0.1) is 0 Å². The van der Waals surface area contributed by atoms with Crippen LogP contribution in [-0.4, -0.2) is 56.0 Å². The third-order valence-electron chi connectivity index (χ3n) is 5.61. The first-order valence-corrected chi connectivity index (χ1v) is 9.64. The first-order valence-electron chi connectivity index (χ1n) is 9.64. The van der Waals surface area contributed by atoms with Crippen LogP contribution >= 0.6 is 0 Å². The smallest absolute Gasteiger partial charge is 0.246 e. The highest BCUT2D eigenvalue weighted by molar-refractivity contribution is 6.02. The Bertz CT molecular complexity index is 890. The summed E-state index contributed by atoms with van der Waals surface area (Å²) >= 11 is 0. The lowest BCUT2D eigenvalue weighted by atomic mass is 10.1. The Kier molecular flexibility index (Phi) is 4.94. The third-order valence-corrected chi connectivity index (χ3v) is 5.61. The van der Waals surface area contributed by atoms with E-state index in [9.17, 15) is 9.59 Å². The Morgan fingerprint density at radius 3 is 2.46 bits per heavy atom. The fourth-order valence-corrected chi connectivity index (χ4v) is 4.18. The van der Waals surface area contributed by atoms with E-state index in [-0.39, 0.29) is 11.8 Å². The van der Waals surface area contributed by atoms with Crippen LogP contribution in [0, 0.1) is 0 Å². The number of carbonyl (C=O) groups is 2. The minimum atomic E-state index is -0.432. The number of piperazine rings is 1. The van der Waals surface area contributed by atoms with Crippen molar-refractivity contribution in [2.75, 3.05) is 43.1 Å². The van der Waals surface area contributed by atoms with Gasteiger partial charge in [0.2, 0.25) is 11.8 Å². The molecule has 4 rings (SSSR count). The van der Waals surface area contributed by atoms with Gasteiger partial charge in [0.25, 0.3) is 0 Å². The van der Waals surface area contributed by atoms with Crippen molar-refractivity contribution in [2.45, 2.75) is 19.4 Å². The lowest BCUT2D eigenvalue weighted by Crippen LogP contribution is -2.55. The molecule has 28 heavy (non-hydrogen) atoms. The van der Waals surface area contributed by atoms with E-state index in [0.717, 1.165) is 35.8 Å². The molecule has 0 aromatic heterocycles. The summed E-state index contributed by atoms with van der Waals surface area (Å²) in [4.78, 5) is 31.3. The first kappa shape index (κ1) is 18.3. The molecule has 0 aliphatic carbocycles. The first-order chi connectivity index (χ1) is 13.6. The van der Waals surface area contributed by atoms with E-state index < -0.39 is 6.04 Å². The number of rotatable bonds is 3. The van der Waals surface area contributed by atoms with Crippen molar-refractivity contribution in [2.24, 2.45) is 0 Å². The zero-order chi connectivity index (χ0) is 19.7. The number of amides is 2. The quantitative estimate of drug-likeness (QED) is 0.821. The highest BCUT2D eigenvalue weighted by Gasteiger charge is 2.39. The summed E-state index contributed by atoms with van der Waals surface area (Å²) in [6.45, 7) is 4.35. The molecular weight excluding hydrogens is 354 g/mol. The number of methoxy groups -OCH3 is 1. The van der Waals surface area contributed by atoms with E-state index in [0.29, 0.717) is 19.5 Å². The monoisotopic (exact) mass is 379 g/mol. The van der Waals surface area contributed by atoms with E-state index >= 15 is 0 Å². The molecule has 2 heterocycles. The maximum Gasteiger partial charge on any atom is 0.246 e. The second-order valence-electron chi connectivity index (χ2n) is 7.25. The minimum Gasteiger partial charge on any atom is -0.497 e. The van der Waals surface area contributed by atoms with Gasteiger partial charge < -0.3 is 14.5 Å². The number of hydrogen-bond donors (Lipinski definition) is 0. The summed E-state index contributed by atoms with van der Waals surface area (Å²) in [5.41, 5.74) is 3.03. The molecule has 2 amide bonds. The van der Waals surface area contributed by atoms with E-state index in [2.05, 4.69) is 11.0 Å². The third kappa shape index (κ3) is 3.30. The Morgan fingerprint density at radius 2 is 1.75 bits per heavy atom.